The van der Waals surface area contributed by atoms with Crippen molar-refractivity contribution in [1.82, 2.24) is 0 Å². The minimum Gasteiger partial charge on any atom is -0.494 e. The van der Waals surface area contributed by atoms with E-state index in [9.17, 15) is 4.79 Å². The third kappa shape index (κ3) is 8.50. The van der Waals surface area contributed by atoms with E-state index in [0.717, 1.165) is 37.0 Å². The van der Waals surface area contributed by atoms with Gasteiger partial charge in [-0.2, -0.15) is 0 Å². The van der Waals surface area contributed by atoms with Crippen molar-refractivity contribution in [2.24, 2.45) is 0 Å². The zero-order chi connectivity index (χ0) is 14.5. The van der Waals surface area contributed by atoms with Crippen molar-refractivity contribution in [3.05, 3.63) is 24.3 Å². The van der Waals surface area contributed by atoms with Crippen LogP contribution in [-0.2, 0) is 14.3 Å². The summed E-state index contributed by atoms with van der Waals surface area (Å²) in [6.07, 6.45) is 3.47. The van der Waals surface area contributed by atoms with E-state index in [1.165, 1.54) is 0 Å². The molecule has 112 valence electrons. The molecule has 1 rings (SSSR count). The van der Waals surface area contributed by atoms with Crippen LogP contribution in [0.4, 0.5) is 5.69 Å². The number of carbonyl (C=O) groups excluding carboxylic acids is 1. The van der Waals surface area contributed by atoms with Crippen molar-refractivity contribution in [2.75, 3.05) is 38.8 Å². The molecule has 1 aromatic rings. The Kier molecular flexibility index (Phi) is 9.26. The lowest BCUT2D eigenvalue weighted by Crippen LogP contribution is -2.05. The van der Waals surface area contributed by atoms with Gasteiger partial charge in [0.05, 0.1) is 6.61 Å². The van der Waals surface area contributed by atoms with Crippen molar-refractivity contribution in [1.29, 1.82) is 0 Å². The molecular weight excluding hydrogens is 258 g/mol. The topological polar surface area (TPSA) is 70.8 Å². The Morgan fingerprint density at radius 3 is 2.25 bits per heavy atom. The van der Waals surface area contributed by atoms with Crippen LogP contribution in [0.2, 0.25) is 0 Å². The van der Waals surface area contributed by atoms with Gasteiger partial charge in [-0.25, -0.2) is 0 Å². The number of ether oxygens (including phenoxy) is 3. The molecule has 0 atom stereocenters. The van der Waals surface area contributed by atoms with Gasteiger partial charge >= 0.3 is 0 Å². The first kappa shape index (κ1) is 16.5. The highest BCUT2D eigenvalue weighted by molar-refractivity contribution is 5.50. The maximum absolute atomic E-state index is 9.99. The molecule has 0 heterocycles. The average Bonchev–Trinajstić information content (AvgIpc) is 2.47. The first-order valence-corrected chi connectivity index (χ1v) is 6.90. The molecule has 0 saturated heterocycles. The molecule has 0 fully saturated rings. The van der Waals surface area contributed by atoms with E-state index >= 15 is 0 Å². The highest BCUT2D eigenvalue weighted by Gasteiger charge is 1.95. The van der Waals surface area contributed by atoms with Crippen LogP contribution in [0, 0.1) is 0 Å². The first-order chi connectivity index (χ1) is 9.83. The Bertz CT molecular complexity index is 353. The number of nitrogen functional groups attached to an aromatic ring is 1. The monoisotopic (exact) mass is 281 g/mol. The minimum atomic E-state index is 0.184. The van der Waals surface area contributed by atoms with Crippen LogP contribution >= 0.6 is 0 Å². The summed E-state index contributed by atoms with van der Waals surface area (Å²) in [5.41, 5.74) is 6.32. The smallest absolute Gasteiger partial charge is 0.145 e. The molecule has 0 saturated carbocycles. The molecule has 0 aliphatic heterocycles. The van der Waals surface area contributed by atoms with Crippen LogP contribution in [0.15, 0.2) is 24.3 Å². The average molecular weight is 281 g/mol. The van der Waals surface area contributed by atoms with Crippen LogP contribution in [0.3, 0.4) is 0 Å². The van der Waals surface area contributed by atoms with Gasteiger partial charge in [-0.05, 0) is 37.1 Å². The predicted molar refractivity (Wildman–Crippen MR) is 77.9 cm³/mol. The number of rotatable bonds is 12. The fourth-order valence-electron chi connectivity index (χ4n) is 1.56. The van der Waals surface area contributed by atoms with E-state index < -0.39 is 0 Å². The lowest BCUT2D eigenvalue weighted by molar-refractivity contribution is -0.111. The van der Waals surface area contributed by atoms with Gasteiger partial charge < -0.3 is 24.7 Å². The fourth-order valence-corrected chi connectivity index (χ4v) is 1.56. The quantitative estimate of drug-likeness (QED) is 0.361. The minimum absolute atomic E-state index is 0.184. The van der Waals surface area contributed by atoms with Crippen molar-refractivity contribution in [3.63, 3.8) is 0 Å². The Labute approximate surface area is 120 Å². The number of anilines is 1. The highest BCUT2D eigenvalue weighted by atomic mass is 16.5. The number of benzene rings is 1. The standard InChI is InChI=1S/C15H23NO4/c16-14-4-6-15(7-5-14)20-12-3-11-18-9-1-2-10-19-13-8-17/h4-8H,1-3,9-13,16H2. The third-order valence-corrected chi connectivity index (χ3v) is 2.60. The lowest BCUT2D eigenvalue weighted by Gasteiger charge is -2.07. The van der Waals surface area contributed by atoms with Crippen LogP contribution in [0.5, 0.6) is 5.75 Å². The zero-order valence-corrected chi connectivity index (χ0v) is 11.8. The summed E-state index contributed by atoms with van der Waals surface area (Å²) in [5, 5.41) is 0. The summed E-state index contributed by atoms with van der Waals surface area (Å²) in [6.45, 7) is 2.83. The Morgan fingerprint density at radius 1 is 0.900 bits per heavy atom. The van der Waals surface area contributed by atoms with E-state index in [4.69, 9.17) is 19.9 Å². The normalized spacial score (nSPS) is 10.4. The Hall–Kier alpha value is -1.59. The summed E-state index contributed by atoms with van der Waals surface area (Å²) in [7, 11) is 0. The van der Waals surface area contributed by atoms with Gasteiger partial charge in [0, 0.05) is 31.9 Å². The van der Waals surface area contributed by atoms with Gasteiger partial charge in [0.1, 0.15) is 18.6 Å². The van der Waals surface area contributed by atoms with E-state index in [2.05, 4.69) is 0 Å². The van der Waals surface area contributed by atoms with E-state index in [0.29, 0.717) is 26.4 Å². The largest absolute Gasteiger partial charge is 0.494 e. The van der Waals surface area contributed by atoms with Crippen LogP contribution in [0.1, 0.15) is 19.3 Å². The molecule has 5 nitrogen and oxygen atoms in total. The molecule has 20 heavy (non-hydrogen) atoms. The van der Waals surface area contributed by atoms with Gasteiger partial charge in [-0.15, -0.1) is 0 Å². The molecular formula is C15H23NO4. The Balaban J connectivity index is 1.85. The van der Waals surface area contributed by atoms with E-state index in [1.807, 2.05) is 24.3 Å². The molecule has 0 bridgehead atoms. The molecule has 0 aliphatic carbocycles. The molecule has 0 spiro atoms. The van der Waals surface area contributed by atoms with Crippen LogP contribution in [-0.4, -0.2) is 39.3 Å². The molecule has 1 aromatic carbocycles. The summed E-state index contributed by atoms with van der Waals surface area (Å²) in [5.74, 6) is 0.825. The number of nitrogens with two attached hydrogens (primary N) is 1. The van der Waals surface area contributed by atoms with Crippen molar-refractivity contribution in [3.8, 4) is 5.75 Å². The van der Waals surface area contributed by atoms with Crippen molar-refractivity contribution >= 4 is 12.0 Å². The van der Waals surface area contributed by atoms with Gasteiger partial charge in [-0.1, -0.05) is 0 Å². The van der Waals surface area contributed by atoms with Gasteiger partial charge in [0.2, 0.25) is 0 Å². The Morgan fingerprint density at radius 2 is 1.55 bits per heavy atom. The molecule has 0 amide bonds. The summed E-state index contributed by atoms with van der Waals surface area (Å²) >= 11 is 0. The van der Waals surface area contributed by atoms with Crippen molar-refractivity contribution in [2.45, 2.75) is 19.3 Å². The molecule has 5 heteroatoms. The second kappa shape index (κ2) is 11.3. The maximum atomic E-state index is 9.99. The lowest BCUT2D eigenvalue weighted by atomic mass is 10.3. The molecule has 0 radical (unpaired) electrons. The second-order valence-corrected chi connectivity index (χ2v) is 4.33. The van der Waals surface area contributed by atoms with E-state index in [1.54, 1.807) is 0 Å². The van der Waals surface area contributed by atoms with Gasteiger partial charge in [0.25, 0.3) is 0 Å². The molecule has 0 aromatic heterocycles. The second-order valence-electron chi connectivity index (χ2n) is 4.33. The molecule has 0 unspecified atom stereocenters. The summed E-state index contributed by atoms with van der Waals surface area (Å²) in [4.78, 5) is 9.99. The number of carbonyl (C=O) groups is 1. The summed E-state index contributed by atoms with van der Waals surface area (Å²) < 4.78 is 16.0. The highest BCUT2D eigenvalue weighted by Crippen LogP contribution is 2.13. The van der Waals surface area contributed by atoms with Gasteiger partial charge in [-0.3, -0.25) is 0 Å². The predicted octanol–water partition coefficient (Wildman–Crippen LogP) is 2.05. The molecule has 2 N–H and O–H groups in total. The molecule has 0 aliphatic rings. The zero-order valence-electron chi connectivity index (χ0n) is 11.8. The SMILES string of the molecule is Nc1ccc(OCCCOCCCCOCC=O)cc1. The van der Waals surface area contributed by atoms with Crippen LogP contribution in [0.25, 0.3) is 0 Å². The fraction of sp³-hybridized carbons (Fsp3) is 0.533. The summed E-state index contributed by atoms with van der Waals surface area (Å²) in [6, 6.07) is 7.35. The number of hydrogen-bond donors (Lipinski definition) is 1. The number of aldehydes is 1. The maximum Gasteiger partial charge on any atom is 0.145 e. The van der Waals surface area contributed by atoms with Crippen LogP contribution < -0.4 is 10.5 Å². The van der Waals surface area contributed by atoms with Crippen molar-refractivity contribution < 1.29 is 19.0 Å². The van der Waals surface area contributed by atoms with E-state index in [-0.39, 0.29) is 6.61 Å². The first-order valence-electron chi connectivity index (χ1n) is 6.90. The van der Waals surface area contributed by atoms with Gasteiger partial charge in [0.15, 0.2) is 0 Å². The third-order valence-electron chi connectivity index (χ3n) is 2.60. The number of hydrogen-bond acceptors (Lipinski definition) is 5. The number of unbranched alkanes of at least 4 members (excludes halogenated alkanes) is 1.